The van der Waals surface area contributed by atoms with Crippen LogP contribution in [-0.4, -0.2) is 40.4 Å². The van der Waals surface area contributed by atoms with Crippen LogP contribution in [-0.2, 0) is 0 Å². The number of hydrogen-bond donors (Lipinski definition) is 4. The zero-order chi connectivity index (χ0) is 26.1. The number of phenolic OH excluding ortho intramolecular Hbond substituents is 4. The minimum Gasteiger partial charge on any atom is -0.508 e. The highest BCUT2D eigenvalue weighted by Gasteiger charge is 2.20. The molecule has 0 saturated heterocycles. The maximum Gasteiger partial charge on any atom is 0.200 e. The molecular formula is C29H26O7. The molecular weight excluding hydrogens is 460 g/mol. The SMILES string of the molecule is COc1cc(O)c(C(=O)c2ccccc2)c(OC)c1.Oc1ccc(C=Cc2cc(O)cc(O)c2)cc1. The zero-order valence-corrected chi connectivity index (χ0v) is 19.8. The van der Waals surface area contributed by atoms with Crippen molar-refractivity contribution in [2.75, 3.05) is 14.2 Å². The number of aromatic hydroxyl groups is 4. The molecule has 0 saturated carbocycles. The largest absolute Gasteiger partial charge is 0.508 e. The Hall–Kier alpha value is -4.91. The van der Waals surface area contributed by atoms with Gasteiger partial charge in [-0.1, -0.05) is 54.6 Å². The summed E-state index contributed by atoms with van der Waals surface area (Å²) in [6, 6.07) is 22.8. The molecule has 0 amide bonds. The van der Waals surface area contributed by atoms with Gasteiger partial charge in [-0.2, -0.15) is 0 Å². The topological polar surface area (TPSA) is 116 Å². The van der Waals surface area contributed by atoms with Crippen LogP contribution in [0.1, 0.15) is 27.0 Å². The molecule has 0 bridgehead atoms. The standard InChI is InChI=1S/C15H14O4.C14H12O3/c1-18-11-8-12(16)14(13(9-11)19-2)15(17)10-6-4-3-5-7-10;15-12-5-3-10(4-6-12)1-2-11-7-13(16)9-14(17)8-11/h3-9,16H,1-2H3;1-9,15-17H. The molecule has 0 heterocycles. The van der Waals surface area contributed by atoms with E-state index in [1.165, 1.54) is 26.4 Å². The van der Waals surface area contributed by atoms with E-state index in [0.717, 1.165) is 5.56 Å². The Labute approximate surface area is 208 Å². The van der Waals surface area contributed by atoms with Crippen molar-refractivity contribution in [3.05, 3.63) is 107 Å². The van der Waals surface area contributed by atoms with E-state index in [1.807, 2.05) is 12.1 Å². The van der Waals surface area contributed by atoms with Crippen LogP contribution in [0.3, 0.4) is 0 Å². The lowest BCUT2D eigenvalue weighted by atomic mass is 10.0. The molecule has 4 rings (SSSR count). The molecule has 36 heavy (non-hydrogen) atoms. The summed E-state index contributed by atoms with van der Waals surface area (Å²) in [4.78, 5) is 12.4. The van der Waals surface area contributed by atoms with Gasteiger partial charge in [0.2, 0.25) is 5.78 Å². The summed E-state index contributed by atoms with van der Waals surface area (Å²) < 4.78 is 10.2. The van der Waals surface area contributed by atoms with E-state index in [0.29, 0.717) is 16.9 Å². The summed E-state index contributed by atoms with van der Waals surface area (Å²) in [6.45, 7) is 0. The zero-order valence-electron chi connectivity index (χ0n) is 19.8. The minimum absolute atomic E-state index is 0.0235. The Morgan fingerprint density at radius 3 is 1.86 bits per heavy atom. The average molecular weight is 487 g/mol. The summed E-state index contributed by atoms with van der Waals surface area (Å²) in [5.41, 5.74) is 2.25. The van der Waals surface area contributed by atoms with Gasteiger partial charge < -0.3 is 29.9 Å². The highest BCUT2D eigenvalue weighted by atomic mass is 16.5. The van der Waals surface area contributed by atoms with E-state index in [4.69, 9.17) is 14.6 Å². The third-order valence-corrected chi connectivity index (χ3v) is 5.06. The number of carbonyl (C=O) groups excluding carboxylic acids is 1. The number of methoxy groups -OCH3 is 2. The molecule has 0 radical (unpaired) electrons. The monoisotopic (exact) mass is 486 g/mol. The summed E-state index contributed by atoms with van der Waals surface area (Å²) in [6.07, 6.45) is 3.60. The van der Waals surface area contributed by atoms with Gasteiger partial charge in [-0.15, -0.1) is 0 Å². The second kappa shape index (κ2) is 12.0. The van der Waals surface area contributed by atoms with Gasteiger partial charge in [0.15, 0.2) is 0 Å². The van der Waals surface area contributed by atoms with Crippen LogP contribution in [0.2, 0.25) is 0 Å². The molecule has 4 aromatic rings. The Balaban J connectivity index is 0.000000202. The predicted octanol–water partition coefficient (Wildman–Crippen LogP) is 5.61. The molecule has 0 spiro atoms. The van der Waals surface area contributed by atoms with Crippen LogP contribution in [0, 0.1) is 0 Å². The molecule has 0 fully saturated rings. The summed E-state index contributed by atoms with van der Waals surface area (Å²) in [5, 5.41) is 37.7. The van der Waals surface area contributed by atoms with E-state index >= 15 is 0 Å². The smallest absolute Gasteiger partial charge is 0.200 e. The highest BCUT2D eigenvalue weighted by molar-refractivity contribution is 6.12. The van der Waals surface area contributed by atoms with Crippen molar-refractivity contribution in [1.29, 1.82) is 0 Å². The number of carbonyl (C=O) groups is 1. The van der Waals surface area contributed by atoms with Crippen molar-refractivity contribution < 1.29 is 34.7 Å². The second-order valence-electron chi connectivity index (χ2n) is 7.63. The van der Waals surface area contributed by atoms with E-state index in [2.05, 4.69) is 0 Å². The van der Waals surface area contributed by atoms with Crippen molar-refractivity contribution in [3.63, 3.8) is 0 Å². The van der Waals surface area contributed by atoms with Crippen molar-refractivity contribution >= 4 is 17.9 Å². The Morgan fingerprint density at radius 2 is 1.28 bits per heavy atom. The van der Waals surface area contributed by atoms with Gasteiger partial charge in [0.25, 0.3) is 0 Å². The van der Waals surface area contributed by atoms with E-state index < -0.39 is 0 Å². The number of ether oxygens (including phenoxy) is 2. The molecule has 0 unspecified atom stereocenters. The molecule has 7 heteroatoms. The quantitative estimate of drug-likeness (QED) is 0.207. The Kier molecular flexibility index (Phi) is 8.56. The first-order valence-electron chi connectivity index (χ1n) is 10.9. The number of rotatable bonds is 6. The number of hydrogen-bond acceptors (Lipinski definition) is 7. The molecule has 0 aromatic heterocycles. The van der Waals surface area contributed by atoms with Gasteiger partial charge in [0, 0.05) is 23.8 Å². The fourth-order valence-corrected chi connectivity index (χ4v) is 3.31. The lowest BCUT2D eigenvalue weighted by molar-refractivity contribution is 0.103. The fourth-order valence-electron chi connectivity index (χ4n) is 3.31. The third-order valence-electron chi connectivity index (χ3n) is 5.06. The second-order valence-corrected chi connectivity index (χ2v) is 7.63. The van der Waals surface area contributed by atoms with Crippen molar-refractivity contribution in [3.8, 4) is 34.5 Å². The number of ketones is 1. The van der Waals surface area contributed by atoms with Crippen LogP contribution in [0.4, 0.5) is 0 Å². The first kappa shape index (κ1) is 25.7. The highest BCUT2D eigenvalue weighted by Crippen LogP contribution is 2.34. The fraction of sp³-hybridized carbons (Fsp3) is 0.0690. The van der Waals surface area contributed by atoms with Crippen molar-refractivity contribution in [2.24, 2.45) is 0 Å². The maximum atomic E-state index is 12.4. The van der Waals surface area contributed by atoms with Crippen LogP contribution in [0.25, 0.3) is 12.2 Å². The number of benzene rings is 4. The summed E-state index contributed by atoms with van der Waals surface area (Å²) >= 11 is 0. The lowest BCUT2D eigenvalue weighted by Crippen LogP contribution is -2.04. The van der Waals surface area contributed by atoms with Crippen LogP contribution in [0.15, 0.2) is 84.9 Å². The van der Waals surface area contributed by atoms with Gasteiger partial charge in [-0.05, 0) is 35.4 Å². The molecule has 7 nitrogen and oxygen atoms in total. The third kappa shape index (κ3) is 6.80. The first-order valence-corrected chi connectivity index (χ1v) is 10.9. The molecule has 0 aliphatic carbocycles. The van der Waals surface area contributed by atoms with E-state index in [1.54, 1.807) is 72.8 Å². The van der Waals surface area contributed by atoms with Gasteiger partial charge in [-0.3, -0.25) is 4.79 Å². The molecule has 0 aliphatic rings. The van der Waals surface area contributed by atoms with E-state index in [9.17, 15) is 20.1 Å². The maximum absolute atomic E-state index is 12.4. The predicted molar refractivity (Wildman–Crippen MR) is 138 cm³/mol. The van der Waals surface area contributed by atoms with Gasteiger partial charge in [0.05, 0.1) is 14.2 Å². The lowest BCUT2D eigenvalue weighted by Gasteiger charge is -2.11. The Bertz CT molecular complexity index is 1320. The minimum atomic E-state index is -0.294. The van der Waals surface area contributed by atoms with Crippen LogP contribution in [0.5, 0.6) is 34.5 Å². The molecule has 0 aliphatic heterocycles. The normalized spacial score (nSPS) is 10.4. The van der Waals surface area contributed by atoms with Gasteiger partial charge in [-0.25, -0.2) is 0 Å². The van der Waals surface area contributed by atoms with Crippen molar-refractivity contribution in [1.82, 2.24) is 0 Å². The molecule has 184 valence electrons. The molecule has 4 aromatic carbocycles. The number of phenols is 4. The summed E-state index contributed by atoms with van der Waals surface area (Å²) in [5.74, 6) is 0.523. The molecule has 4 N–H and O–H groups in total. The average Bonchev–Trinajstić information content (AvgIpc) is 2.88. The molecule has 0 atom stereocenters. The Morgan fingerprint density at radius 1 is 0.667 bits per heavy atom. The summed E-state index contributed by atoms with van der Waals surface area (Å²) in [7, 11) is 2.92. The van der Waals surface area contributed by atoms with E-state index in [-0.39, 0.29) is 40.1 Å². The van der Waals surface area contributed by atoms with Crippen LogP contribution >= 0.6 is 0 Å². The van der Waals surface area contributed by atoms with Crippen LogP contribution < -0.4 is 9.47 Å². The van der Waals surface area contributed by atoms with Gasteiger partial charge >= 0.3 is 0 Å². The first-order chi connectivity index (χ1) is 17.3. The van der Waals surface area contributed by atoms with Crippen molar-refractivity contribution in [2.45, 2.75) is 0 Å². The van der Waals surface area contributed by atoms with Gasteiger partial charge in [0.1, 0.15) is 40.1 Å².